The lowest BCUT2D eigenvalue weighted by molar-refractivity contribution is 0.220. The molecular formula is C13H14N2O. The number of aliphatic hydroxyl groups is 1. The van der Waals surface area contributed by atoms with E-state index in [1.165, 1.54) is 0 Å². The highest BCUT2D eigenvalue weighted by atomic mass is 16.3. The summed E-state index contributed by atoms with van der Waals surface area (Å²) in [7, 11) is 0. The first-order chi connectivity index (χ1) is 7.81. The zero-order valence-electron chi connectivity index (χ0n) is 8.88. The first-order valence-electron chi connectivity index (χ1n) is 5.18. The molecule has 1 unspecified atom stereocenters. The third kappa shape index (κ3) is 2.27. The Morgan fingerprint density at radius 1 is 1.12 bits per heavy atom. The van der Waals surface area contributed by atoms with Crippen LogP contribution >= 0.6 is 0 Å². The van der Waals surface area contributed by atoms with E-state index in [9.17, 15) is 5.11 Å². The van der Waals surface area contributed by atoms with Gasteiger partial charge in [0.1, 0.15) is 6.10 Å². The summed E-state index contributed by atoms with van der Waals surface area (Å²) < 4.78 is 0. The van der Waals surface area contributed by atoms with E-state index in [1.807, 2.05) is 24.3 Å². The molecular weight excluding hydrogens is 200 g/mol. The van der Waals surface area contributed by atoms with Crippen LogP contribution in [0.4, 0.5) is 0 Å². The summed E-state index contributed by atoms with van der Waals surface area (Å²) in [6.45, 7) is 0.483. The number of pyridine rings is 1. The fraction of sp³-hybridized carbons (Fsp3) is 0.154. The average Bonchev–Trinajstić information content (AvgIpc) is 2.39. The third-order valence-electron chi connectivity index (χ3n) is 2.52. The first kappa shape index (κ1) is 10.8. The molecule has 3 N–H and O–H groups in total. The van der Waals surface area contributed by atoms with E-state index in [-0.39, 0.29) is 0 Å². The highest BCUT2D eigenvalue weighted by molar-refractivity contribution is 5.31. The van der Waals surface area contributed by atoms with Crippen LogP contribution in [0.25, 0.3) is 0 Å². The van der Waals surface area contributed by atoms with Crippen molar-refractivity contribution in [3.63, 3.8) is 0 Å². The average molecular weight is 214 g/mol. The van der Waals surface area contributed by atoms with Crippen molar-refractivity contribution >= 4 is 0 Å². The molecule has 2 rings (SSSR count). The van der Waals surface area contributed by atoms with E-state index in [1.54, 1.807) is 24.5 Å². The monoisotopic (exact) mass is 214 g/mol. The van der Waals surface area contributed by atoms with E-state index in [0.29, 0.717) is 6.54 Å². The molecule has 1 aromatic carbocycles. The number of hydrogen-bond donors (Lipinski definition) is 2. The van der Waals surface area contributed by atoms with Crippen LogP contribution in [-0.2, 0) is 6.54 Å². The van der Waals surface area contributed by atoms with Gasteiger partial charge in [-0.2, -0.15) is 0 Å². The van der Waals surface area contributed by atoms with Crippen molar-refractivity contribution in [2.75, 3.05) is 0 Å². The van der Waals surface area contributed by atoms with Gasteiger partial charge in [-0.1, -0.05) is 24.3 Å². The van der Waals surface area contributed by atoms with Gasteiger partial charge in [-0.25, -0.2) is 0 Å². The largest absolute Gasteiger partial charge is 0.384 e. The van der Waals surface area contributed by atoms with Crippen molar-refractivity contribution in [3.05, 3.63) is 65.5 Å². The smallest absolute Gasteiger partial charge is 0.104 e. The summed E-state index contributed by atoms with van der Waals surface area (Å²) in [5.41, 5.74) is 8.28. The molecule has 0 bridgehead atoms. The summed E-state index contributed by atoms with van der Waals surface area (Å²) in [5, 5.41) is 10.1. The van der Waals surface area contributed by atoms with Crippen LogP contribution in [-0.4, -0.2) is 10.1 Å². The number of hydrogen-bond acceptors (Lipinski definition) is 3. The SMILES string of the molecule is NCc1cccc(C(O)c2ccncc2)c1. The fourth-order valence-electron chi connectivity index (χ4n) is 1.63. The number of nitrogens with two attached hydrogens (primary N) is 1. The molecule has 1 atom stereocenters. The van der Waals surface area contributed by atoms with Crippen LogP contribution in [0.5, 0.6) is 0 Å². The highest BCUT2D eigenvalue weighted by Gasteiger charge is 2.09. The normalized spacial score (nSPS) is 12.4. The maximum Gasteiger partial charge on any atom is 0.104 e. The van der Waals surface area contributed by atoms with Gasteiger partial charge in [0.2, 0.25) is 0 Å². The molecule has 0 fully saturated rings. The number of aromatic nitrogens is 1. The Labute approximate surface area is 94.6 Å². The van der Waals surface area contributed by atoms with Crippen LogP contribution in [0.15, 0.2) is 48.8 Å². The molecule has 0 spiro atoms. The Morgan fingerprint density at radius 3 is 2.56 bits per heavy atom. The number of aliphatic hydroxyl groups excluding tert-OH is 1. The number of nitrogens with zero attached hydrogens (tertiary/aromatic N) is 1. The second-order valence-electron chi connectivity index (χ2n) is 3.63. The van der Waals surface area contributed by atoms with Crippen molar-refractivity contribution < 1.29 is 5.11 Å². The Kier molecular flexibility index (Phi) is 3.29. The summed E-state index contributed by atoms with van der Waals surface area (Å²) >= 11 is 0. The summed E-state index contributed by atoms with van der Waals surface area (Å²) in [4.78, 5) is 3.92. The molecule has 3 nitrogen and oxygen atoms in total. The second kappa shape index (κ2) is 4.88. The molecule has 16 heavy (non-hydrogen) atoms. The van der Waals surface area contributed by atoms with Crippen LogP contribution in [0.2, 0.25) is 0 Å². The van der Waals surface area contributed by atoms with E-state index in [0.717, 1.165) is 16.7 Å². The Balaban J connectivity index is 2.30. The summed E-state index contributed by atoms with van der Waals surface area (Å²) in [6, 6.07) is 11.3. The van der Waals surface area contributed by atoms with Gasteiger partial charge in [0.25, 0.3) is 0 Å². The summed E-state index contributed by atoms with van der Waals surface area (Å²) in [6.07, 6.45) is 2.73. The van der Waals surface area contributed by atoms with Gasteiger partial charge in [0.15, 0.2) is 0 Å². The van der Waals surface area contributed by atoms with Gasteiger partial charge in [0, 0.05) is 18.9 Å². The van der Waals surface area contributed by atoms with Gasteiger partial charge in [-0.15, -0.1) is 0 Å². The third-order valence-corrected chi connectivity index (χ3v) is 2.52. The molecule has 0 radical (unpaired) electrons. The Bertz CT molecular complexity index is 456. The van der Waals surface area contributed by atoms with Gasteiger partial charge in [-0.3, -0.25) is 4.98 Å². The summed E-state index contributed by atoms with van der Waals surface area (Å²) in [5.74, 6) is 0. The molecule has 0 amide bonds. The van der Waals surface area contributed by atoms with Crippen LogP contribution in [0.1, 0.15) is 22.8 Å². The lowest BCUT2D eigenvalue weighted by atomic mass is 10.0. The van der Waals surface area contributed by atoms with Gasteiger partial charge in [-0.05, 0) is 28.8 Å². The lowest BCUT2D eigenvalue weighted by Crippen LogP contribution is -2.02. The van der Waals surface area contributed by atoms with Crippen molar-refractivity contribution in [2.45, 2.75) is 12.6 Å². The Hall–Kier alpha value is -1.71. The molecule has 0 aliphatic rings. The highest BCUT2D eigenvalue weighted by Crippen LogP contribution is 2.21. The van der Waals surface area contributed by atoms with E-state index in [4.69, 9.17) is 5.73 Å². The van der Waals surface area contributed by atoms with Crippen molar-refractivity contribution in [1.82, 2.24) is 4.98 Å². The minimum atomic E-state index is -0.616. The second-order valence-corrected chi connectivity index (χ2v) is 3.63. The predicted octanol–water partition coefficient (Wildman–Crippen LogP) is 1.62. The minimum Gasteiger partial charge on any atom is -0.384 e. The first-order valence-corrected chi connectivity index (χ1v) is 5.18. The van der Waals surface area contributed by atoms with Gasteiger partial charge < -0.3 is 10.8 Å². The zero-order chi connectivity index (χ0) is 11.4. The van der Waals surface area contributed by atoms with Gasteiger partial charge >= 0.3 is 0 Å². The molecule has 1 heterocycles. The van der Waals surface area contributed by atoms with Crippen LogP contribution < -0.4 is 5.73 Å². The van der Waals surface area contributed by atoms with E-state index in [2.05, 4.69) is 4.98 Å². The molecule has 2 aromatic rings. The van der Waals surface area contributed by atoms with Crippen LogP contribution in [0, 0.1) is 0 Å². The molecule has 0 saturated carbocycles. The van der Waals surface area contributed by atoms with E-state index < -0.39 is 6.10 Å². The van der Waals surface area contributed by atoms with E-state index >= 15 is 0 Å². The maximum absolute atomic E-state index is 10.1. The fourth-order valence-corrected chi connectivity index (χ4v) is 1.63. The van der Waals surface area contributed by atoms with Crippen molar-refractivity contribution in [2.24, 2.45) is 5.73 Å². The molecule has 0 aliphatic heterocycles. The van der Waals surface area contributed by atoms with Gasteiger partial charge in [0.05, 0.1) is 0 Å². The topological polar surface area (TPSA) is 59.1 Å². The number of benzene rings is 1. The van der Waals surface area contributed by atoms with Crippen molar-refractivity contribution in [1.29, 1.82) is 0 Å². The zero-order valence-corrected chi connectivity index (χ0v) is 8.88. The predicted molar refractivity (Wildman–Crippen MR) is 62.6 cm³/mol. The molecule has 0 saturated heterocycles. The van der Waals surface area contributed by atoms with Crippen molar-refractivity contribution in [3.8, 4) is 0 Å². The minimum absolute atomic E-state index is 0.483. The number of rotatable bonds is 3. The molecule has 1 aromatic heterocycles. The molecule has 0 aliphatic carbocycles. The molecule has 82 valence electrons. The lowest BCUT2D eigenvalue weighted by Gasteiger charge is -2.11. The van der Waals surface area contributed by atoms with Crippen LogP contribution in [0.3, 0.4) is 0 Å². The quantitative estimate of drug-likeness (QED) is 0.816. The maximum atomic E-state index is 10.1. The molecule has 3 heteroatoms. The Morgan fingerprint density at radius 2 is 1.88 bits per heavy atom. The standard InChI is InChI=1S/C13H14N2O/c14-9-10-2-1-3-12(8-10)13(16)11-4-6-15-7-5-11/h1-8,13,16H,9,14H2.